The van der Waals surface area contributed by atoms with Crippen LogP contribution < -0.4 is 11.1 Å². The third-order valence-corrected chi connectivity index (χ3v) is 2.80. The molecule has 1 aromatic heterocycles. The molecule has 1 aromatic rings. The Bertz CT molecular complexity index is 446. The number of aliphatic carboxylic acids is 1. The van der Waals surface area contributed by atoms with E-state index in [0.717, 1.165) is 0 Å². The Kier molecular flexibility index (Phi) is 5.28. The first-order valence-electron chi connectivity index (χ1n) is 6.03. The van der Waals surface area contributed by atoms with E-state index in [1.165, 1.54) is 0 Å². The third kappa shape index (κ3) is 4.57. The van der Waals surface area contributed by atoms with Gasteiger partial charge in [-0.1, -0.05) is 13.3 Å². The molecule has 0 aliphatic rings. The van der Waals surface area contributed by atoms with E-state index in [1.54, 1.807) is 6.92 Å². The molecular weight excluding hydrogens is 252 g/mol. The number of rotatable bonds is 7. The highest BCUT2D eigenvalue weighted by Crippen LogP contribution is 2.10. The normalized spacial score (nSPS) is 13.8. The molecule has 0 bridgehead atoms. The van der Waals surface area contributed by atoms with Gasteiger partial charge in [0, 0.05) is 6.04 Å². The molecule has 106 valence electrons. The van der Waals surface area contributed by atoms with Crippen LogP contribution in [0.4, 0.5) is 5.82 Å². The van der Waals surface area contributed by atoms with Crippen molar-refractivity contribution in [3.05, 3.63) is 5.69 Å². The summed E-state index contributed by atoms with van der Waals surface area (Å²) in [7, 11) is 0. The average Bonchev–Trinajstić information content (AvgIpc) is 2.75. The molecule has 1 amide bonds. The number of aromatic nitrogens is 2. The first-order valence-corrected chi connectivity index (χ1v) is 6.03. The van der Waals surface area contributed by atoms with Crippen LogP contribution in [0.25, 0.3) is 0 Å². The van der Waals surface area contributed by atoms with Crippen LogP contribution in [-0.4, -0.2) is 33.3 Å². The quantitative estimate of drug-likeness (QED) is 0.663. The third-order valence-electron chi connectivity index (χ3n) is 2.80. The SMILES string of the molecule is CC(CCCC(C)C(=O)O)NC(=O)c1nonc1N. The number of amides is 1. The summed E-state index contributed by atoms with van der Waals surface area (Å²) in [6.45, 7) is 3.49. The topological polar surface area (TPSA) is 131 Å². The summed E-state index contributed by atoms with van der Waals surface area (Å²) in [5.41, 5.74) is 5.36. The lowest BCUT2D eigenvalue weighted by Gasteiger charge is -2.13. The lowest BCUT2D eigenvalue weighted by Crippen LogP contribution is -2.33. The Morgan fingerprint density at radius 3 is 2.58 bits per heavy atom. The van der Waals surface area contributed by atoms with E-state index in [4.69, 9.17) is 10.8 Å². The lowest BCUT2D eigenvalue weighted by atomic mass is 10.0. The van der Waals surface area contributed by atoms with E-state index in [1.807, 2.05) is 6.92 Å². The minimum absolute atomic E-state index is 0.0363. The largest absolute Gasteiger partial charge is 0.481 e. The van der Waals surface area contributed by atoms with E-state index in [-0.39, 0.29) is 23.5 Å². The van der Waals surface area contributed by atoms with Crippen molar-refractivity contribution >= 4 is 17.7 Å². The van der Waals surface area contributed by atoms with Crippen LogP contribution in [0.3, 0.4) is 0 Å². The number of hydrogen-bond acceptors (Lipinski definition) is 6. The van der Waals surface area contributed by atoms with Gasteiger partial charge in [0.25, 0.3) is 5.91 Å². The molecule has 0 aromatic carbocycles. The van der Waals surface area contributed by atoms with Gasteiger partial charge >= 0.3 is 5.97 Å². The van der Waals surface area contributed by atoms with Crippen molar-refractivity contribution in [2.75, 3.05) is 5.73 Å². The minimum Gasteiger partial charge on any atom is -0.481 e. The minimum atomic E-state index is -0.807. The molecule has 0 spiro atoms. The summed E-state index contributed by atoms with van der Waals surface area (Å²) < 4.78 is 4.34. The van der Waals surface area contributed by atoms with Crippen molar-refractivity contribution in [3.63, 3.8) is 0 Å². The number of nitrogens with one attached hydrogen (secondary N) is 1. The molecule has 8 heteroatoms. The Morgan fingerprint density at radius 2 is 2.05 bits per heavy atom. The number of nitrogens with zero attached hydrogens (tertiary/aromatic N) is 2. The van der Waals surface area contributed by atoms with Gasteiger partial charge in [0.05, 0.1) is 5.92 Å². The average molecular weight is 270 g/mol. The van der Waals surface area contributed by atoms with Crippen LogP contribution in [0.2, 0.25) is 0 Å². The number of nitrogens with two attached hydrogens (primary N) is 1. The van der Waals surface area contributed by atoms with E-state index in [9.17, 15) is 9.59 Å². The molecule has 8 nitrogen and oxygen atoms in total. The number of carboxylic acids is 1. The van der Waals surface area contributed by atoms with Crippen LogP contribution in [0.15, 0.2) is 4.63 Å². The second-order valence-electron chi connectivity index (χ2n) is 4.54. The fourth-order valence-corrected chi connectivity index (χ4v) is 1.57. The van der Waals surface area contributed by atoms with E-state index in [0.29, 0.717) is 19.3 Å². The number of carbonyl (C=O) groups excluding carboxylic acids is 1. The van der Waals surface area contributed by atoms with Gasteiger partial charge in [-0.05, 0) is 30.1 Å². The zero-order chi connectivity index (χ0) is 14.4. The fourth-order valence-electron chi connectivity index (χ4n) is 1.57. The second kappa shape index (κ2) is 6.72. The zero-order valence-electron chi connectivity index (χ0n) is 10.9. The molecule has 1 rings (SSSR count). The Labute approximate surface area is 110 Å². The summed E-state index contributed by atoms with van der Waals surface area (Å²) in [5, 5.41) is 18.2. The van der Waals surface area contributed by atoms with Crippen LogP contribution in [-0.2, 0) is 4.79 Å². The molecule has 2 unspecified atom stereocenters. The zero-order valence-corrected chi connectivity index (χ0v) is 10.9. The van der Waals surface area contributed by atoms with Crippen molar-refractivity contribution in [1.29, 1.82) is 0 Å². The van der Waals surface area contributed by atoms with E-state index >= 15 is 0 Å². The van der Waals surface area contributed by atoms with Gasteiger partial charge in [-0.2, -0.15) is 0 Å². The summed E-state index contributed by atoms with van der Waals surface area (Å²) in [5.74, 6) is -1.68. The highest BCUT2D eigenvalue weighted by atomic mass is 16.6. The van der Waals surface area contributed by atoms with Crippen LogP contribution in [0, 0.1) is 5.92 Å². The molecule has 1 heterocycles. The number of anilines is 1. The molecule has 0 fully saturated rings. The molecule has 0 saturated carbocycles. The first kappa shape index (κ1) is 14.9. The maximum atomic E-state index is 11.7. The highest BCUT2D eigenvalue weighted by Gasteiger charge is 2.18. The molecule has 0 aliphatic carbocycles. The van der Waals surface area contributed by atoms with E-state index in [2.05, 4.69) is 20.3 Å². The second-order valence-corrected chi connectivity index (χ2v) is 4.54. The number of hydrogen-bond donors (Lipinski definition) is 3. The Hall–Kier alpha value is -2.12. The van der Waals surface area contributed by atoms with Gasteiger partial charge in [-0.15, -0.1) is 0 Å². The van der Waals surface area contributed by atoms with Crippen LogP contribution in [0.5, 0.6) is 0 Å². The molecule has 0 saturated heterocycles. The van der Waals surface area contributed by atoms with Crippen molar-refractivity contribution < 1.29 is 19.3 Å². The van der Waals surface area contributed by atoms with Gasteiger partial charge in [0.15, 0.2) is 0 Å². The predicted molar refractivity (Wildman–Crippen MR) is 66.3 cm³/mol. The standard InChI is InChI=1S/C11H18N4O4/c1-6(11(17)18)4-3-5-7(2)13-10(16)8-9(12)15-19-14-8/h6-7H,3-5H2,1-2H3,(H2,12,15)(H,13,16)(H,17,18). The Morgan fingerprint density at radius 1 is 1.37 bits per heavy atom. The summed E-state index contributed by atoms with van der Waals surface area (Å²) in [4.78, 5) is 22.3. The molecule has 4 N–H and O–H groups in total. The van der Waals surface area contributed by atoms with Crippen molar-refractivity contribution in [2.24, 2.45) is 5.92 Å². The monoisotopic (exact) mass is 270 g/mol. The summed E-state index contributed by atoms with van der Waals surface area (Å²) in [6, 6.07) is -0.107. The smallest absolute Gasteiger partial charge is 0.306 e. The number of carboxylic acid groups (broad SMARTS) is 1. The fraction of sp³-hybridized carbons (Fsp3) is 0.636. The number of carbonyl (C=O) groups is 2. The first-order chi connectivity index (χ1) is 8.91. The molecule has 2 atom stereocenters. The van der Waals surface area contributed by atoms with E-state index < -0.39 is 11.9 Å². The van der Waals surface area contributed by atoms with Crippen LogP contribution >= 0.6 is 0 Å². The maximum absolute atomic E-state index is 11.7. The van der Waals surface area contributed by atoms with Gasteiger partial charge in [0.2, 0.25) is 11.5 Å². The van der Waals surface area contributed by atoms with Gasteiger partial charge in [0.1, 0.15) is 0 Å². The van der Waals surface area contributed by atoms with Crippen molar-refractivity contribution in [3.8, 4) is 0 Å². The lowest BCUT2D eigenvalue weighted by molar-refractivity contribution is -0.141. The molecule has 0 radical (unpaired) electrons. The van der Waals surface area contributed by atoms with Crippen molar-refractivity contribution in [2.45, 2.75) is 39.2 Å². The predicted octanol–water partition coefficient (Wildman–Crippen LogP) is 0.661. The summed E-state index contributed by atoms with van der Waals surface area (Å²) in [6.07, 6.45) is 1.96. The molecular formula is C11H18N4O4. The van der Waals surface area contributed by atoms with Gasteiger partial charge in [-0.25, -0.2) is 4.63 Å². The molecule has 0 aliphatic heterocycles. The Balaban J connectivity index is 2.32. The van der Waals surface area contributed by atoms with Crippen molar-refractivity contribution in [1.82, 2.24) is 15.6 Å². The highest BCUT2D eigenvalue weighted by molar-refractivity contribution is 5.96. The van der Waals surface area contributed by atoms with Gasteiger partial charge in [-0.3, -0.25) is 9.59 Å². The number of nitrogen functional groups attached to an aromatic ring is 1. The van der Waals surface area contributed by atoms with Gasteiger partial charge < -0.3 is 16.2 Å². The summed E-state index contributed by atoms with van der Waals surface area (Å²) >= 11 is 0. The van der Waals surface area contributed by atoms with Crippen LogP contribution in [0.1, 0.15) is 43.6 Å². The molecule has 19 heavy (non-hydrogen) atoms. The maximum Gasteiger partial charge on any atom is 0.306 e.